The van der Waals surface area contributed by atoms with Gasteiger partial charge in [-0.05, 0) is 30.7 Å². The molecule has 0 fully saturated rings. The van der Waals surface area contributed by atoms with Gasteiger partial charge in [-0.1, -0.05) is 54.6 Å². The molecule has 0 spiro atoms. The molecule has 0 saturated carbocycles. The minimum absolute atomic E-state index is 1.01. The molecular formula is C21H18N2. The fourth-order valence-corrected chi connectivity index (χ4v) is 3.09. The van der Waals surface area contributed by atoms with E-state index in [-0.39, 0.29) is 0 Å². The third-order valence-corrected chi connectivity index (χ3v) is 4.29. The predicted octanol–water partition coefficient (Wildman–Crippen LogP) is 5.25. The fourth-order valence-electron chi connectivity index (χ4n) is 3.09. The lowest BCUT2D eigenvalue weighted by Gasteiger charge is -2.21. The van der Waals surface area contributed by atoms with Gasteiger partial charge in [0.25, 0.3) is 0 Å². The standard InChI is InChI=1S/C21H18N2/c1-15-12-13-18-20(14-15)23(2)19-11-7-6-10-17(19)21(22-18)16-8-4-3-5-9-16/h3-14H,1-2H3. The highest BCUT2D eigenvalue weighted by molar-refractivity contribution is 6.18. The summed E-state index contributed by atoms with van der Waals surface area (Å²) in [5.41, 5.74) is 7.90. The maximum absolute atomic E-state index is 5.02. The number of benzene rings is 3. The maximum atomic E-state index is 5.02. The van der Waals surface area contributed by atoms with Crippen LogP contribution >= 0.6 is 0 Å². The lowest BCUT2D eigenvalue weighted by Crippen LogP contribution is -2.12. The van der Waals surface area contributed by atoms with Crippen molar-refractivity contribution in [2.24, 2.45) is 4.99 Å². The van der Waals surface area contributed by atoms with Crippen molar-refractivity contribution in [1.82, 2.24) is 0 Å². The molecular weight excluding hydrogens is 280 g/mol. The van der Waals surface area contributed by atoms with Crippen LogP contribution in [0.15, 0.2) is 77.8 Å². The van der Waals surface area contributed by atoms with E-state index in [0.29, 0.717) is 0 Å². The summed E-state index contributed by atoms with van der Waals surface area (Å²) in [4.78, 5) is 7.25. The Hall–Kier alpha value is -2.87. The van der Waals surface area contributed by atoms with Gasteiger partial charge in [-0.3, -0.25) is 0 Å². The number of aryl methyl sites for hydroxylation is 1. The molecule has 4 rings (SSSR count). The first-order chi connectivity index (χ1) is 11.2. The van der Waals surface area contributed by atoms with E-state index in [1.807, 2.05) is 6.07 Å². The van der Waals surface area contributed by atoms with Gasteiger partial charge in [0.2, 0.25) is 0 Å². The van der Waals surface area contributed by atoms with E-state index in [9.17, 15) is 0 Å². The maximum Gasteiger partial charge on any atom is 0.0874 e. The van der Waals surface area contributed by atoms with Crippen molar-refractivity contribution in [3.63, 3.8) is 0 Å². The summed E-state index contributed by atoms with van der Waals surface area (Å²) in [6.07, 6.45) is 0. The molecule has 3 aromatic carbocycles. The summed E-state index contributed by atoms with van der Waals surface area (Å²) in [5.74, 6) is 0. The van der Waals surface area contributed by atoms with E-state index in [2.05, 4.69) is 85.6 Å². The highest BCUT2D eigenvalue weighted by atomic mass is 15.1. The summed E-state index contributed by atoms with van der Waals surface area (Å²) in [6, 6.07) is 25.3. The molecule has 0 unspecified atom stereocenters. The lowest BCUT2D eigenvalue weighted by molar-refractivity contribution is 1.20. The second-order valence-corrected chi connectivity index (χ2v) is 5.89. The van der Waals surface area contributed by atoms with E-state index >= 15 is 0 Å². The van der Waals surface area contributed by atoms with Gasteiger partial charge in [0.15, 0.2) is 0 Å². The van der Waals surface area contributed by atoms with Gasteiger partial charge < -0.3 is 4.90 Å². The summed E-state index contributed by atoms with van der Waals surface area (Å²) in [5, 5.41) is 0. The molecule has 0 atom stereocenters. The number of fused-ring (bicyclic) bond motifs is 2. The number of rotatable bonds is 1. The Balaban J connectivity index is 2.04. The fraction of sp³-hybridized carbons (Fsp3) is 0.0952. The molecule has 3 aromatic rings. The van der Waals surface area contributed by atoms with Crippen molar-refractivity contribution < 1.29 is 0 Å². The molecule has 2 heteroatoms. The van der Waals surface area contributed by atoms with Crippen molar-refractivity contribution in [3.05, 3.63) is 89.5 Å². The highest BCUT2D eigenvalue weighted by Crippen LogP contribution is 2.39. The summed E-state index contributed by atoms with van der Waals surface area (Å²) >= 11 is 0. The Kier molecular flexibility index (Phi) is 3.23. The SMILES string of the molecule is Cc1ccc2c(c1)N(C)c1ccccc1C(c1ccccc1)=N2. The third kappa shape index (κ3) is 2.33. The number of hydrogen-bond acceptors (Lipinski definition) is 2. The Bertz CT molecular complexity index is 895. The Morgan fingerprint density at radius 1 is 0.783 bits per heavy atom. The molecule has 23 heavy (non-hydrogen) atoms. The van der Waals surface area contributed by atoms with Crippen LogP contribution in [0, 0.1) is 6.92 Å². The zero-order valence-electron chi connectivity index (χ0n) is 13.3. The van der Waals surface area contributed by atoms with E-state index in [1.165, 1.54) is 11.3 Å². The largest absolute Gasteiger partial charge is 0.342 e. The van der Waals surface area contributed by atoms with E-state index in [1.54, 1.807) is 0 Å². The molecule has 0 radical (unpaired) electrons. The van der Waals surface area contributed by atoms with Crippen molar-refractivity contribution in [1.29, 1.82) is 0 Å². The van der Waals surface area contributed by atoms with E-state index in [0.717, 1.165) is 28.2 Å². The summed E-state index contributed by atoms with van der Waals surface area (Å²) < 4.78 is 0. The average Bonchev–Trinajstić information content (AvgIpc) is 2.72. The van der Waals surface area contributed by atoms with Crippen LogP contribution in [0.2, 0.25) is 0 Å². The highest BCUT2D eigenvalue weighted by Gasteiger charge is 2.21. The van der Waals surface area contributed by atoms with Crippen LogP contribution in [0.1, 0.15) is 16.7 Å². The van der Waals surface area contributed by atoms with Crippen LogP contribution in [0.4, 0.5) is 17.1 Å². The second kappa shape index (κ2) is 5.40. The van der Waals surface area contributed by atoms with Crippen LogP contribution < -0.4 is 4.90 Å². The van der Waals surface area contributed by atoms with E-state index in [4.69, 9.17) is 4.99 Å². The molecule has 0 N–H and O–H groups in total. The second-order valence-electron chi connectivity index (χ2n) is 5.89. The van der Waals surface area contributed by atoms with Gasteiger partial charge in [-0.15, -0.1) is 0 Å². The van der Waals surface area contributed by atoms with E-state index < -0.39 is 0 Å². The topological polar surface area (TPSA) is 15.6 Å². The minimum atomic E-state index is 1.01. The first-order valence-corrected chi connectivity index (χ1v) is 7.82. The number of hydrogen-bond donors (Lipinski definition) is 0. The quantitative estimate of drug-likeness (QED) is 0.599. The third-order valence-electron chi connectivity index (χ3n) is 4.29. The molecule has 1 aliphatic heterocycles. The normalized spacial score (nSPS) is 13.0. The lowest BCUT2D eigenvalue weighted by atomic mass is 10.0. The summed E-state index contributed by atoms with van der Waals surface area (Å²) in [7, 11) is 2.11. The van der Waals surface area contributed by atoms with Crippen LogP contribution in [0.3, 0.4) is 0 Å². The van der Waals surface area contributed by atoms with Gasteiger partial charge in [-0.25, -0.2) is 4.99 Å². The number of para-hydroxylation sites is 1. The first-order valence-electron chi connectivity index (χ1n) is 7.82. The Morgan fingerprint density at radius 3 is 2.35 bits per heavy atom. The zero-order valence-corrected chi connectivity index (χ0v) is 13.3. The zero-order chi connectivity index (χ0) is 15.8. The molecule has 0 bridgehead atoms. The Morgan fingerprint density at radius 2 is 1.52 bits per heavy atom. The predicted molar refractivity (Wildman–Crippen MR) is 97.4 cm³/mol. The molecule has 0 aliphatic carbocycles. The van der Waals surface area contributed by atoms with Crippen molar-refractivity contribution in [2.45, 2.75) is 6.92 Å². The van der Waals surface area contributed by atoms with Crippen LogP contribution in [0.5, 0.6) is 0 Å². The Labute approximate surface area is 136 Å². The van der Waals surface area contributed by atoms with Crippen molar-refractivity contribution in [3.8, 4) is 0 Å². The van der Waals surface area contributed by atoms with Crippen LogP contribution in [0.25, 0.3) is 0 Å². The van der Waals surface area contributed by atoms with Gasteiger partial charge in [0, 0.05) is 18.2 Å². The van der Waals surface area contributed by atoms with Crippen LogP contribution in [-0.4, -0.2) is 12.8 Å². The minimum Gasteiger partial charge on any atom is -0.342 e. The molecule has 112 valence electrons. The van der Waals surface area contributed by atoms with Gasteiger partial charge in [-0.2, -0.15) is 0 Å². The van der Waals surface area contributed by atoms with Crippen molar-refractivity contribution in [2.75, 3.05) is 11.9 Å². The number of nitrogens with zero attached hydrogens (tertiary/aromatic N) is 2. The van der Waals surface area contributed by atoms with Gasteiger partial charge in [0.1, 0.15) is 0 Å². The number of anilines is 2. The molecule has 0 saturated heterocycles. The molecule has 0 aromatic heterocycles. The first kappa shape index (κ1) is 13.8. The molecule has 2 nitrogen and oxygen atoms in total. The molecule has 1 aliphatic rings. The van der Waals surface area contributed by atoms with Crippen LogP contribution in [-0.2, 0) is 0 Å². The molecule has 1 heterocycles. The smallest absolute Gasteiger partial charge is 0.0874 e. The van der Waals surface area contributed by atoms with Gasteiger partial charge >= 0.3 is 0 Å². The monoisotopic (exact) mass is 298 g/mol. The van der Waals surface area contributed by atoms with Gasteiger partial charge in [0.05, 0.1) is 22.8 Å². The molecule has 0 amide bonds. The average molecular weight is 298 g/mol. The number of aliphatic imine (C=N–C) groups is 1. The van der Waals surface area contributed by atoms with Crippen molar-refractivity contribution >= 4 is 22.8 Å². The summed E-state index contributed by atoms with van der Waals surface area (Å²) in [6.45, 7) is 2.12.